The average Bonchev–Trinajstić information content (AvgIpc) is 3.17. The van der Waals surface area contributed by atoms with Crippen LogP contribution in [0, 0.1) is 5.82 Å². The summed E-state index contributed by atoms with van der Waals surface area (Å²) in [5, 5.41) is 6.58. The van der Waals surface area contributed by atoms with Crippen LogP contribution in [0.15, 0.2) is 18.2 Å². The zero-order valence-corrected chi connectivity index (χ0v) is 11.1. The second kappa shape index (κ2) is 6.86. The van der Waals surface area contributed by atoms with Crippen LogP contribution in [0.25, 0.3) is 0 Å². The maximum Gasteiger partial charge on any atom is 0.126 e. The molecule has 1 aromatic carbocycles. The first-order valence-corrected chi connectivity index (χ1v) is 6.95. The lowest BCUT2D eigenvalue weighted by molar-refractivity contribution is 0.584. The summed E-state index contributed by atoms with van der Waals surface area (Å²) in [4.78, 5) is 0. The van der Waals surface area contributed by atoms with Crippen molar-refractivity contribution in [2.75, 3.05) is 13.6 Å². The van der Waals surface area contributed by atoms with E-state index in [9.17, 15) is 4.39 Å². The minimum absolute atomic E-state index is 0.0648. The van der Waals surface area contributed by atoms with E-state index in [1.807, 2.05) is 19.2 Å². The van der Waals surface area contributed by atoms with Crippen LogP contribution in [0.2, 0.25) is 0 Å². The number of benzene rings is 1. The maximum atomic E-state index is 13.6. The normalized spacial score (nSPS) is 15.0. The van der Waals surface area contributed by atoms with Gasteiger partial charge in [-0.25, -0.2) is 4.39 Å². The van der Waals surface area contributed by atoms with Gasteiger partial charge in [0.15, 0.2) is 0 Å². The molecule has 2 nitrogen and oxygen atoms in total. The van der Waals surface area contributed by atoms with Gasteiger partial charge in [0.2, 0.25) is 0 Å². The van der Waals surface area contributed by atoms with Gasteiger partial charge < -0.3 is 10.6 Å². The Balaban J connectivity index is 1.73. The summed E-state index contributed by atoms with van der Waals surface area (Å²) in [6.07, 6.45) is 5.70. The second-order valence-corrected chi connectivity index (χ2v) is 5.14. The molecular weight excluding hydrogens is 227 g/mol. The van der Waals surface area contributed by atoms with Gasteiger partial charge in [-0.05, 0) is 62.9 Å². The molecule has 2 N–H and O–H groups in total. The molecule has 1 aromatic rings. The Kier molecular flexibility index (Phi) is 5.14. The van der Waals surface area contributed by atoms with E-state index in [1.165, 1.54) is 12.8 Å². The first-order chi connectivity index (χ1) is 8.79. The third-order valence-electron chi connectivity index (χ3n) is 3.37. The highest BCUT2D eigenvalue weighted by Crippen LogP contribution is 2.18. The highest BCUT2D eigenvalue weighted by Gasteiger charge is 2.19. The molecule has 1 aliphatic rings. The topological polar surface area (TPSA) is 24.1 Å². The predicted molar refractivity (Wildman–Crippen MR) is 73.1 cm³/mol. The fourth-order valence-corrected chi connectivity index (χ4v) is 2.17. The predicted octanol–water partition coefficient (Wildman–Crippen LogP) is 2.62. The fraction of sp³-hybridized carbons (Fsp3) is 0.600. The van der Waals surface area contributed by atoms with Crippen molar-refractivity contribution in [3.8, 4) is 0 Å². The molecule has 0 aromatic heterocycles. The Morgan fingerprint density at radius 2 is 2.11 bits per heavy atom. The third-order valence-corrected chi connectivity index (χ3v) is 3.37. The summed E-state index contributed by atoms with van der Waals surface area (Å²) >= 11 is 0. The number of rotatable bonds is 8. The number of hydrogen-bond acceptors (Lipinski definition) is 2. The Bertz CT molecular complexity index is 375. The number of hydrogen-bond donors (Lipinski definition) is 2. The molecule has 2 rings (SSSR count). The molecule has 0 spiro atoms. The van der Waals surface area contributed by atoms with Crippen molar-refractivity contribution in [3.05, 3.63) is 35.1 Å². The van der Waals surface area contributed by atoms with E-state index in [0.717, 1.165) is 49.5 Å². The Morgan fingerprint density at radius 1 is 1.28 bits per heavy atom. The van der Waals surface area contributed by atoms with E-state index in [0.29, 0.717) is 0 Å². The van der Waals surface area contributed by atoms with Crippen molar-refractivity contribution in [1.29, 1.82) is 0 Å². The van der Waals surface area contributed by atoms with Gasteiger partial charge >= 0.3 is 0 Å². The van der Waals surface area contributed by atoms with Crippen molar-refractivity contribution >= 4 is 0 Å². The van der Waals surface area contributed by atoms with Crippen molar-refractivity contribution in [2.45, 2.75) is 44.7 Å². The van der Waals surface area contributed by atoms with Crippen molar-refractivity contribution < 1.29 is 4.39 Å². The molecule has 18 heavy (non-hydrogen) atoms. The minimum Gasteiger partial charge on any atom is -0.316 e. The van der Waals surface area contributed by atoms with Crippen molar-refractivity contribution in [2.24, 2.45) is 0 Å². The van der Waals surface area contributed by atoms with E-state index in [1.54, 1.807) is 6.07 Å². The molecule has 0 unspecified atom stereocenters. The van der Waals surface area contributed by atoms with Crippen molar-refractivity contribution in [1.82, 2.24) is 10.6 Å². The summed E-state index contributed by atoms with van der Waals surface area (Å²) in [5.41, 5.74) is 2.01. The fourth-order valence-electron chi connectivity index (χ4n) is 2.17. The lowest BCUT2D eigenvalue weighted by atomic mass is 10.0. The number of halogens is 1. The lowest BCUT2D eigenvalue weighted by Gasteiger charge is -2.07. The van der Waals surface area contributed by atoms with Gasteiger partial charge in [-0.3, -0.25) is 0 Å². The maximum absolute atomic E-state index is 13.6. The van der Waals surface area contributed by atoms with Gasteiger partial charge in [0.05, 0.1) is 0 Å². The van der Waals surface area contributed by atoms with Crippen LogP contribution in [-0.2, 0) is 13.0 Å². The molecule has 1 fully saturated rings. The van der Waals surface area contributed by atoms with Crippen LogP contribution in [0.4, 0.5) is 4.39 Å². The van der Waals surface area contributed by atoms with Gasteiger partial charge in [-0.15, -0.1) is 0 Å². The SMILES string of the molecule is CNCc1ccc(F)c(CCCCNC2CC2)c1. The van der Waals surface area contributed by atoms with Crippen LogP contribution in [-0.4, -0.2) is 19.6 Å². The zero-order chi connectivity index (χ0) is 12.8. The Morgan fingerprint density at radius 3 is 2.83 bits per heavy atom. The monoisotopic (exact) mass is 250 g/mol. The molecule has 0 bridgehead atoms. The third kappa shape index (κ3) is 4.39. The average molecular weight is 250 g/mol. The van der Waals surface area contributed by atoms with E-state index >= 15 is 0 Å². The molecule has 0 atom stereocenters. The van der Waals surface area contributed by atoms with Gasteiger partial charge in [-0.1, -0.05) is 12.1 Å². The van der Waals surface area contributed by atoms with Gasteiger partial charge in [0.25, 0.3) is 0 Å². The molecular formula is C15H23FN2. The smallest absolute Gasteiger partial charge is 0.126 e. The molecule has 3 heteroatoms. The minimum atomic E-state index is -0.0648. The summed E-state index contributed by atoms with van der Waals surface area (Å²) < 4.78 is 13.6. The standard InChI is InChI=1S/C15H23FN2/c1-17-11-12-5-8-15(16)13(10-12)4-2-3-9-18-14-6-7-14/h5,8,10,14,17-18H,2-4,6-7,9,11H2,1H3. The van der Waals surface area contributed by atoms with Gasteiger partial charge in [0, 0.05) is 12.6 Å². The van der Waals surface area contributed by atoms with Crippen LogP contribution >= 0.6 is 0 Å². The van der Waals surface area contributed by atoms with Gasteiger partial charge in [0.1, 0.15) is 5.82 Å². The first-order valence-electron chi connectivity index (χ1n) is 6.95. The van der Waals surface area contributed by atoms with E-state index < -0.39 is 0 Å². The molecule has 0 radical (unpaired) electrons. The highest BCUT2D eigenvalue weighted by atomic mass is 19.1. The zero-order valence-electron chi connectivity index (χ0n) is 11.1. The van der Waals surface area contributed by atoms with Crippen LogP contribution in [0.1, 0.15) is 36.8 Å². The first kappa shape index (κ1) is 13.5. The Labute approximate surface area is 109 Å². The largest absolute Gasteiger partial charge is 0.316 e. The molecule has 0 amide bonds. The molecule has 0 aliphatic heterocycles. The second-order valence-electron chi connectivity index (χ2n) is 5.14. The molecule has 100 valence electrons. The summed E-state index contributed by atoms with van der Waals surface area (Å²) in [6, 6.07) is 6.20. The molecule has 0 heterocycles. The molecule has 1 aliphatic carbocycles. The van der Waals surface area contributed by atoms with E-state index in [-0.39, 0.29) is 5.82 Å². The van der Waals surface area contributed by atoms with Gasteiger partial charge in [-0.2, -0.15) is 0 Å². The molecule has 0 saturated heterocycles. The number of unbranched alkanes of at least 4 members (excludes halogenated alkanes) is 1. The summed E-state index contributed by atoms with van der Waals surface area (Å²) in [6.45, 7) is 1.87. The Hall–Kier alpha value is -0.930. The highest BCUT2D eigenvalue weighted by molar-refractivity contribution is 5.25. The number of aryl methyl sites for hydroxylation is 1. The van der Waals surface area contributed by atoms with Crippen LogP contribution in [0.5, 0.6) is 0 Å². The van der Waals surface area contributed by atoms with E-state index in [4.69, 9.17) is 0 Å². The van der Waals surface area contributed by atoms with Crippen LogP contribution in [0.3, 0.4) is 0 Å². The summed E-state index contributed by atoms with van der Waals surface area (Å²) in [7, 11) is 1.91. The summed E-state index contributed by atoms with van der Waals surface area (Å²) in [5.74, 6) is -0.0648. The number of nitrogens with one attached hydrogen (secondary N) is 2. The van der Waals surface area contributed by atoms with Crippen LogP contribution < -0.4 is 10.6 Å². The quantitative estimate of drug-likeness (QED) is 0.693. The van der Waals surface area contributed by atoms with Crippen molar-refractivity contribution in [3.63, 3.8) is 0 Å². The van der Waals surface area contributed by atoms with E-state index in [2.05, 4.69) is 10.6 Å². The molecule has 1 saturated carbocycles. The lowest BCUT2D eigenvalue weighted by Crippen LogP contribution is -2.17.